The van der Waals surface area contributed by atoms with E-state index in [2.05, 4.69) is 20.7 Å². The lowest BCUT2D eigenvalue weighted by atomic mass is 10.2. The average Bonchev–Trinajstić information content (AvgIpc) is 2.91. The summed E-state index contributed by atoms with van der Waals surface area (Å²) >= 11 is 0. The van der Waals surface area contributed by atoms with E-state index >= 15 is 0 Å². The second-order valence-corrected chi connectivity index (χ2v) is 4.21. The Bertz CT molecular complexity index is 539. The summed E-state index contributed by atoms with van der Waals surface area (Å²) in [5.74, 6) is 5.55. The Kier molecular flexibility index (Phi) is 4.09. The molecule has 2 aromatic rings. The van der Waals surface area contributed by atoms with Crippen LogP contribution in [0.15, 0.2) is 37.1 Å². The molecule has 4 N–H and O–H groups in total. The van der Waals surface area contributed by atoms with E-state index in [9.17, 15) is 4.79 Å². The van der Waals surface area contributed by atoms with Gasteiger partial charge in [0.05, 0.1) is 6.33 Å². The Balaban J connectivity index is 1.96. The second kappa shape index (κ2) is 5.96. The van der Waals surface area contributed by atoms with Crippen LogP contribution in [-0.2, 0) is 6.54 Å². The van der Waals surface area contributed by atoms with Gasteiger partial charge in [0.15, 0.2) is 0 Å². The third-order valence-electron chi connectivity index (χ3n) is 2.59. The van der Waals surface area contributed by atoms with E-state index in [1.165, 1.54) is 6.20 Å². The fraction of sp³-hybridized carbons (Fsp3) is 0.250. The van der Waals surface area contributed by atoms with Crippen LogP contribution in [-0.4, -0.2) is 26.5 Å². The van der Waals surface area contributed by atoms with Crippen LogP contribution < -0.4 is 16.6 Å². The highest BCUT2D eigenvalue weighted by molar-refractivity contribution is 5.94. The Hall–Kier alpha value is -2.41. The van der Waals surface area contributed by atoms with E-state index in [0.717, 1.165) is 0 Å². The number of rotatable bonds is 5. The summed E-state index contributed by atoms with van der Waals surface area (Å²) in [7, 11) is 0. The quantitative estimate of drug-likeness (QED) is 0.533. The molecule has 7 nitrogen and oxygen atoms in total. The summed E-state index contributed by atoms with van der Waals surface area (Å²) in [5.41, 5.74) is 2.92. The zero-order chi connectivity index (χ0) is 13.7. The molecule has 0 aliphatic rings. The fourth-order valence-electron chi connectivity index (χ4n) is 1.71. The normalized spacial score (nSPS) is 11.9. The zero-order valence-electron chi connectivity index (χ0n) is 10.6. The van der Waals surface area contributed by atoms with Crippen LogP contribution in [0.25, 0.3) is 0 Å². The van der Waals surface area contributed by atoms with E-state index in [4.69, 9.17) is 5.84 Å². The predicted octanol–water partition coefficient (Wildman–Crippen LogP) is 0.382. The number of carbonyl (C=O) groups excluding carboxylic acids is 1. The molecule has 7 heteroatoms. The van der Waals surface area contributed by atoms with Gasteiger partial charge in [0, 0.05) is 36.7 Å². The van der Waals surface area contributed by atoms with Crippen LogP contribution in [0.1, 0.15) is 17.3 Å². The van der Waals surface area contributed by atoms with Gasteiger partial charge < -0.3 is 15.3 Å². The van der Waals surface area contributed by atoms with Crippen molar-refractivity contribution in [1.82, 2.24) is 19.9 Å². The van der Waals surface area contributed by atoms with Crippen molar-refractivity contribution < 1.29 is 4.79 Å². The van der Waals surface area contributed by atoms with Crippen LogP contribution in [0.2, 0.25) is 0 Å². The van der Waals surface area contributed by atoms with Gasteiger partial charge in [-0.25, -0.2) is 15.8 Å². The van der Waals surface area contributed by atoms with E-state index in [1.54, 1.807) is 24.7 Å². The molecule has 2 heterocycles. The molecule has 1 atom stereocenters. The molecule has 0 saturated heterocycles. The minimum atomic E-state index is -0.161. The Morgan fingerprint density at radius 1 is 1.53 bits per heavy atom. The van der Waals surface area contributed by atoms with Gasteiger partial charge in [-0.15, -0.1) is 0 Å². The number of nitrogens with one attached hydrogen (secondary N) is 2. The average molecular weight is 260 g/mol. The molecule has 0 aliphatic carbocycles. The first-order chi connectivity index (χ1) is 9.19. The van der Waals surface area contributed by atoms with Crippen LogP contribution in [0, 0.1) is 0 Å². The van der Waals surface area contributed by atoms with Crippen LogP contribution >= 0.6 is 0 Å². The minimum Gasteiger partial charge on any atom is -0.348 e. The van der Waals surface area contributed by atoms with Gasteiger partial charge >= 0.3 is 0 Å². The van der Waals surface area contributed by atoms with E-state index in [1.807, 2.05) is 17.7 Å². The molecule has 0 aromatic carbocycles. The number of aromatic nitrogens is 3. The van der Waals surface area contributed by atoms with Gasteiger partial charge in [-0.1, -0.05) is 0 Å². The summed E-state index contributed by atoms with van der Waals surface area (Å²) in [5, 5.41) is 2.90. The topological polar surface area (TPSA) is 97.9 Å². The predicted molar refractivity (Wildman–Crippen MR) is 71.2 cm³/mol. The zero-order valence-corrected chi connectivity index (χ0v) is 10.6. The lowest BCUT2D eigenvalue weighted by Gasteiger charge is -2.14. The van der Waals surface area contributed by atoms with Crippen LogP contribution in [0.4, 0.5) is 5.82 Å². The fourth-order valence-corrected chi connectivity index (χ4v) is 1.71. The SMILES string of the molecule is CC(Cn1ccnc1)NC(=O)c1ccnc(NN)c1. The molecule has 100 valence electrons. The van der Waals surface area contributed by atoms with Crippen molar-refractivity contribution in [2.24, 2.45) is 5.84 Å². The Labute approximate surface area is 110 Å². The van der Waals surface area contributed by atoms with Crippen molar-refractivity contribution in [2.75, 3.05) is 5.43 Å². The molecule has 0 aliphatic heterocycles. The van der Waals surface area contributed by atoms with Crippen molar-refractivity contribution in [2.45, 2.75) is 19.5 Å². The maximum absolute atomic E-state index is 12.0. The maximum Gasteiger partial charge on any atom is 0.251 e. The van der Waals surface area contributed by atoms with Crippen molar-refractivity contribution in [1.29, 1.82) is 0 Å². The standard InChI is InChI=1S/C12H16N6O/c1-9(7-18-5-4-14-8-18)16-12(19)10-2-3-15-11(6-10)17-13/h2-6,8-9H,7,13H2,1H3,(H,15,17)(H,16,19). The number of nitrogens with two attached hydrogens (primary N) is 1. The first-order valence-corrected chi connectivity index (χ1v) is 5.88. The molecular weight excluding hydrogens is 244 g/mol. The van der Waals surface area contributed by atoms with Gasteiger partial charge in [0.25, 0.3) is 5.91 Å². The number of hydrogen-bond donors (Lipinski definition) is 3. The number of pyridine rings is 1. The minimum absolute atomic E-state index is 0.0100. The second-order valence-electron chi connectivity index (χ2n) is 4.21. The van der Waals surface area contributed by atoms with Gasteiger partial charge in [-0.2, -0.15) is 0 Å². The van der Waals surface area contributed by atoms with Gasteiger partial charge in [0.2, 0.25) is 0 Å². The van der Waals surface area contributed by atoms with Crippen molar-refractivity contribution in [3.05, 3.63) is 42.6 Å². The highest BCUT2D eigenvalue weighted by atomic mass is 16.1. The molecule has 2 aromatic heterocycles. The molecule has 1 unspecified atom stereocenters. The van der Waals surface area contributed by atoms with E-state index in [-0.39, 0.29) is 11.9 Å². The number of hydrazine groups is 1. The molecule has 0 fully saturated rings. The van der Waals surface area contributed by atoms with Crippen molar-refractivity contribution in [3.63, 3.8) is 0 Å². The number of anilines is 1. The highest BCUT2D eigenvalue weighted by Crippen LogP contribution is 2.05. The van der Waals surface area contributed by atoms with Crippen molar-refractivity contribution in [3.8, 4) is 0 Å². The van der Waals surface area contributed by atoms with E-state index in [0.29, 0.717) is 17.9 Å². The first-order valence-electron chi connectivity index (χ1n) is 5.88. The summed E-state index contributed by atoms with van der Waals surface area (Å²) in [6.07, 6.45) is 6.80. The molecule has 2 rings (SSSR count). The summed E-state index contributed by atoms with van der Waals surface area (Å²) in [4.78, 5) is 19.9. The van der Waals surface area contributed by atoms with Gasteiger partial charge in [0.1, 0.15) is 5.82 Å². The number of imidazole rings is 1. The van der Waals surface area contributed by atoms with E-state index < -0.39 is 0 Å². The monoisotopic (exact) mass is 260 g/mol. The summed E-state index contributed by atoms with van der Waals surface area (Å²) in [6.45, 7) is 2.60. The third kappa shape index (κ3) is 3.52. The molecule has 0 bridgehead atoms. The van der Waals surface area contributed by atoms with Crippen molar-refractivity contribution >= 4 is 11.7 Å². The number of carbonyl (C=O) groups is 1. The Morgan fingerprint density at radius 3 is 3.05 bits per heavy atom. The molecule has 0 spiro atoms. The summed E-state index contributed by atoms with van der Waals surface area (Å²) < 4.78 is 1.91. The number of nitrogens with zero attached hydrogens (tertiary/aromatic N) is 3. The summed E-state index contributed by atoms with van der Waals surface area (Å²) in [6, 6.07) is 3.23. The molecule has 0 radical (unpaired) electrons. The molecular formula is C12H16N6O. The first kappa shape index (κ1) is 13.0. The third-order valence-corrected chi connectivity index (χ3v) is 2.59. The molecule has 19 heavy (non-hydrogen) atoms. The van der Waals surface area contributed by atoms with Crippen LogP contribution in [0.5, 0.6) is 0 Å². The number of amides is 1. The lowest BCUT2D eigenvalue weighted by molar-refractivity contribution is 0.0936. The van der Waals surface area contributed by atoms with Crippen LogP contribution in [0.3, 0.4) is 0 Å². The highest BCUT2D eigenvalue weighted by Gasteiger charge is 2.10. The molecule has 0 saturated carbocycles. The number of nitrogen functional groups attached to an aromatic ring is 1. The van der Waals surface area contributed by atoms with Gasteiger partial charge in [-0.05, 0) is 19.1 Å². The lowest BCUT2D eigenvalue weighted by Crippen LogP contribution is -2.35. The maximum atomic E-state index is 12.0. The van der Waals surface area contributed by atoms with Gasteiger partial charge in [-0.3, -0.25) is 4.79 Å². The largest absolute Gasteiger partial charge is 0.348 e. The Morgan fingerprint density at radius 2 is 2.37 bits per heavy atom. The number of hydrogen-bond acceptors (Lipinski definition) is 5. The smallest absolute Gasteiger partial charge is 0.251 e. The molecule has 1 amide bonds.